The van der Waals surface area contributed by atoms with Crippen molar-refractivity contribution in [3.63, 3.8) is 0 Å². The molecule has 88 valence electrons. The monoisotopic (exact) mass is 225 g/mol. The molecule has 0 bridgehead atoms. The SMILES string of the molecule is COc1ccc(NC(=O)NC[C@H](C)O)cn1. The van der Waals surface area contributed by atoms with Crippen LogP contribution in [0.5, 0.6) is 5.88 Å². The highest BCUT2D eigenvalue weighted by molar-refractivity contribution is 5.88. The molecule has 0 aliphatic heterocycles. The Kier molecular flexibility index (Phi) is 4.53. The average Bonchev–Trinajstić information content (AvgIpc) is 2.27. The zero-order chi connectivity index (χ0) is 12.0. The van der Waals surface area contributed by atoms with E-state index < -0.39 is 6.10 Å². The number of aromatic nitrogens is 1. The maximum atomic E-state index is 11.3. The van der Waals surface area contributed by atoms with Crippen LogP contribution in [0.2, 0.25) is 0 Å². The van der Waals surface area contributed by atoms with Crippen LogP contribution in [-0.2, 0) is 0 Å². The predicted octanol–water partition coefficient (Wildman–Crippen LogP) is 0.593. The Labute approximate surface area is 93.6 Å². The van der Waals surface area contributed by atoms with E-state index in [4.69, 9.17) is 9.84 Å². The van der Waals surface area contributed by atoms with Crippen LogP contribution in [0.1, 0.15) is 6.92 Å². The number of ether oxygens (including phenoxy) is 1. The lowest BCUT2D eigenvalue weighted by atomic mass is 10.4. The predicted molar refractivity (Wildman–Crippen MR) is 59.5 cm³/mol. The summed E-state index contributed by atoms with van der Waals surface area (Å²) in [6, 6.07) is 2.94. The van der Waals surface area contributed by atoms with E-state index in [-0.39, 0.29) is 12.6 Å². The molecule has 0 saturated carbocycles. The highest BCUT2D eigenvalue weighted by atomic mass is 16.5. The molecule has 3 N–H and O–H groups in total. The molecule has 1 aromatic rings. The molecular formula is C10H15N3O3. The smallest absolute Gasteiger partial charge is 0.319 e. The molecule has 1 heterocycles. The molecule has 6 nitrogen and oxygen atoms in total. The third-order valence-corrected chi connectivity index (χ3v) is 1.76. The minimum Gasteiger partial charge on any atom is -0.481 e. The Morgan fingerprint density at radius 3 is 2.88 bits per heavy atom. The number of amides is 2. The van der Waals surface area contributed by atoms with Gasteiger partial charge in [0.1, 0.15) is 0 Å². The molecule has 0 radical (unpaired) electrons. The van der Waals surface area contributed by atoms with Crippen LogP contribution >= 0.6 is 0 Å². The Bertz CT molecular complexity index is 338. The number of hydrogen-bond donors (Lipinski definition) is 3. The average molecular weight is 225 g/mol. The molecule has 0 fully saturated rings. The topological polar surface area (TPSA) is 83.5 Å². The summed E-state index contributed by atoms with van der Waals surface area (Å²) in [5, 5.41) is 14.0. The summed E-state index contributed by atoms with van der Waals surface area (Å²) in [6.07, 6.45) is 0.917. The quantitative estimate of drug-likeness (QED) is 0.700. The van der Waals surface area contributed by atoms with Crippen molar-refractivity contribution < 1.29 is 14.6 Å². The minimum absolute atomic E-state index is 0.204. The molecular weight excluding hydrogens is 210 g/mol. The van der Waals surface area contributed by atoms with E-state index >= 15 is 0 Å². The summed E-state index contributed by atoms with van der Waals surface area (Å²) in [4.78, 5) is 15.2. The van der Waals surface area contributed by atoms with E-state index in [0.717, 1.165) is 0 Å². The van der Waals surface area contributed by atoms with Crippen LogP contribution in [0.15, 0.2) is 18.3 Å². The van der Waals surface area contributed by atoms with Gasteiger partial charge in [0.25, 0.3) is 0 Å². The fourth-order valence-corrected chi connectivity index (χ4v) is 0.991. The fourth-order valence-electron chi connectivity index (χ4n) is 0.991. The van der Waals surface area contributed by atoms with Crippen LogP contribution in [0, 0.1) is 0 Å². The molecule has 0 spiro atoms. The van der Waals surface area contributed by atoms with Gasteiger partial charge in [-0.1, -0.05) is 0 Å². The highest BCUT2D eigenvalue weighted by Gasteiger charge is 2.03. The van der Waals surface area contributed by atoms with Gasteiger partial charge < -0.3 is 20.5 Å². The molecule has 0 aromatic carbocycles. The Balaban J connectivity index is 2.43. The summed E-state index contributed by atoms with van der Waals surface area (Å²) >= 11 is 0. The number of urea groups is 1. The number of anilines is 1. The molecule has 0 aliphatic rings. The van der Waals surface area contributed by atoms with Crippen molar-refractivity contribution in [2.75, 3.05) is 19.0 Å². The van der Waals surface area contributed by atoms with Crippen molar-refractivity contribution in [3.8, 4) is 5.88 Å². The van der Waals surface area contributed by atoms with E-state index in [0.29, 0.717) is 11.6 Å². The number of methoxy groups -OCH3 is 1. The lowest BCUT2D eigenvalue weighted by molar-refractivity contribution is 0.190. The number of carbonyl (C=O) groups excluding carboxylic acids is 1. The second-order valence-corrected chi connectivity index (χ2v) is 3.27. The van der Waals surface area contributed by atoms with Crippen molar-refractivity contribution in [1.82, 2.24) is 10.3 Å². The Morgan fingerprint density at radius 2 is 2.38 bits per heavy atom. The number of nitrogens with one attached hydrogen (secondary N) is 2. The number of aliphatic hydroxyl groups is 1. The first-order valence-electron chi connectivity index (χ1n) is 4.85. The second kappa shape index (κ2) is 5.92. The lowest BCUT2D eigenvalue weighted by Gasteiger charge is -2.08. The first kappa shape index (κ1) is 12.3. The number of nitrogens with zero attached hydrogens (tertiary/aromatic N) is 1. The van der Waals surface area contributed by atoms with E-state index in [2.05, 4.69) is 15.6 Å². The molecule has 1 atom stereocenters. The van der Waals surface area contributed by atoms with Gasteiger partial charge in [0, 0.05) is 12.6 Å². The van der Waals surface area contributed by atoms with Gasteiger partial charge in [-0.15, -0.1) is 0 Å². The van der Waals surface area contributed by atoms with Crippen molar-refractivity contribution in [3.05, 3.63) is 18.3 Å². The Morgan fingerprint density at radius 1 is 1.62 bits per heavy atom. The van der Waals surface area contributed by atoms with Gasteiger partial charge in [0.05, 0.1) is 25.1 Å². The zero-order valence-corrected chi connectivity index (χ0v) is 9.23. The van der Waals surface area contributed by atoms with E-state index in [1.165, 1.54) is 13.3 Å². The summed E-state index contributed by atoms with van der Waals surface area (Å²) in [6.45, 7) is 1.80. The third-order valence-electron chi connectivity index (χ3n) is 1.76. The maximum absolute atomic E-state index is 11.3. The summed E-state index contributed by atoms with van der Waals surface area (Å²) in [7, 11) is 1.52. The molecule has 0 unspecified atom stereocenters. The number of pyridine rings is 1. The van der Waals surface area contributed by atoms with Gasteiger partial charge in [-0.3, -0.25) is 0 Å². The molecule has 0 saturated heterocycles. The number of hydrogen-bond acceptors (Lipinski definition) is 4. The maximum Gasteiger partial charge on any atom is 0.319 e. The standard InChI is InChI=1S/C10H15N3O3/c1-7(14)5-12-10(15)13-8-3-4-9(16-2)11-6-8/h3-4,6-7,14H,5H2,1-2H3,(H2,12,13,15)/t7-/m0/s1. The third kappa shape index (κ3) is 4.14. The lowest BCUT2D eigenvalue weighted by Crippen LogP contribution is -2.34. The number of carbonyl (C=O) groups is 1. The summed E-state index contributed by atoms with van der Waals surface area (Å²) in [5.41, 5.74) is 0.559. The molecule has 16 heavy (non-hydrogen) atoms. The van der Waals surface area contributed by atoms with Gasteiger partial charge in [-0.25, -0.2) is 9.78 Å². The van der Waals surface area contributed by atoms with Crippen LogP contribution < -0.4 is 15.4 Å². The van der Waals surface area contributed by atoms with Gasteiger partial charge >= 0.3 is 6.03 Å². The molecule has 1 aromatic heterocycles. The van der Waals surface area contributed by atoms with Gasteiger partial charge in [-0.2, -0.15) is 0 Å². The number of rotatable bonds is 4. The van der Waals surface area contributed by atoms with Crippen molar-refractivity contribution in [2.45, 2.75) is 13.0 Å². The van der Waals surface area contributed by atoms with Gasteiger partial charge in [-0.05, 0) is 13.0 Å². The van der Waals surface area contributed by atoms with Crippen LogP contribution in [-0.4, -0.2) is 35.9 Å². The van der Waals surface area contributed by atoms with Crippen molar-refractivity contribution in [1.29, 1.82) is 0 Å². The molecule has 2 amide bonds. The van der Waals surface area contributed by atoms with E-state index in [1.54, 1.807) is 19.1 Å². The zero-order valence-electron chi connectivity index (χ0n) is 9.23. The largest absolute Gasteiger partial charge is 0.481 e. The summed E-state index contributed by atoms with van der Waals surface area (Å²) in [5.74, 6) is 0.481. The minimum atomic E-state index is -0.570. The first-order chi connectivity index (χ1) is 7.61. The van der Waals surface area contributed by atoms with Gasteiger partial charge in [0.2, 0.25) is 5.88 Å². The highest BCUT2D eigenvalue weighted by Crippen LogP contribution is 2.10. The molecule has 1 rings (SSSR count). The first-order valence-corrected chi connectivity index (χ1v) is 4.85. The summed E-state index contributed by atoms with van der Waals surface area (Å²) < 4.78 is 4.88. The van der Waals surface area contributed by atoms with E-state index in [1.807, 2.05) is 0 Å². The Hall–Kier alpha value is -1.82. The fraction of sp³-hybridized carbons (Fsp3) is 0.400. The van der Waals surface area contributed by atoms with Gasteiger partial charge in [0.15, 0.2) is 0 Å². The van der Waals surface area contributed by atoms with Crippen molar-refractivity contribution >= 4 is 11.7 Å². The van der Waals surface area contributed by atoms with Crippen molar-refractivity contribution in [2.24, 2.45) is 0 Å². The number of aliphatic hydroxyl groups excluding tert-OH is 1. The van der Waals surface area contributed by atoms with Crippen LogP contribution in [0.25, 0.3) is 0 Å². The van der Waals surface area contributed by atoms with E-state index in [9.17, 15) is 4.79 Å². The normalized spacial score (nSPS) is 11.7. The second-order valence-electron chi connectivity index (χ2n) is 3.27. The molecule has 0 aliphatic carbocycles. The van der Waals surface area contributed by atoms with Crippen LogP contribution in [0.3, 0.4) is 0 Å². The molecule has 6 heteroatoms. The van der Waals surface area contributed by atoms with Crippen LogP contribution in [0.4, 0.5) is 10.5 Å².